The van der Waals surface area contributed by atoms with E-state index in [1.165, 1.54) is 71.0 Å². The van der Waals surface area contributed by atoms with Crippen LogP contribution in [0.25, 0.3) is 0 Å². The van der Waals surface area contributed by atoms with Gasteiger partial charge in [0.1, 0.15) is 0 Å². The van der Waals surface area contributed by atoms with Crippen molar-refractivity contribution < 1.29 is 0 Å². The van der Waals surface area contributed by atoms with Gasteiger partial charge in [0.15, 0.2) is 0 Å². The third-order valence-corrected chi connectivity index (χ3v) is 5.07. The van der Waals surface area contributed by atoms with Crippen LogP contribution in [0.2, 0.25) is 0 Å². The van der Waals surface area contributed by atoms with E-state index in [1.54, 1.807) is 0 Å². The highest BCUT2D eigenvalue weighted by Gasteiger charge is 2.20. The first kappa shape index (κ1) is 14.3. The first-order valence-electron chi connectivity index (χ1n) is 8.16. The Morgan fingerprint density at radius 1 is 1.06 bits per heavy atom. The van der Waals surface area contributed by atoms with Gasteiger partial charge in [-0.15, -0.1) is 0 Å². The van der Waals surface area contributed by atoms with E-state index in [-0.39, 0.29) is 0 Å². The number of rotatable bonds is 6. The smallest absolute Gasteiger partial charge is 0.0107 e. The fourth-order valence-corrected chi connectivity index (χ4v) is 3.83. The van der Waals surface area contributed by atoms with Gasteiger partial charge in [-0.1, -0.05) is 32.6 Å². The molecule has 0 radical (unpaired) electrons. The lowest BCUT2D eigenvalue weighted by molar-refractivity contribution is 0.235. The molecule has 0 heterocycles. The van der Waals surface area contributed by atoms with Gasteiger partial charge in [0.2, 0.25) is 0 Å². The summed E-state index contributed by atoms with van der Waals surface area (Å²) in [6.07, 6.45) is 11.6. The Kier molecular flexibility index (Phi) is 5.97. The van der Waals surface area contributed by atoms with Crippen molar-refractivity contribution in [1.82, 2.24) is 10.2 Å². The summed E-state index contributed by atoms with van der Waals surface area (Å²) in [5, 5.41) is 3.69. The highest BCUT2D eigenvalue weighted by molar-refractivity contribution is 4.76. The second kappa shape index (κ2) is 7.49. The molecule has 106 valence electrons. The van der Waals surface area contributed by atoms with Crippen molar-refractivity contribution in [2.24, 2.45) is 11.8 Å². The maximum atomic E-state index is 3.69. The molecule has 2 saturated carbocycles. The maximum Gasteiger partial charge on any atom is 0.0107 e. The highest BCUT2D eigenvalue weighted by atomic mass is 15.1. The van der Waals surface area contributed by atoms with E-state index in [1.807, 2.05) is 0 Å². The van der Waals surface area contributed by atoms with E-state index in [4.69, 9.17) is 0 Å². The molecule has 1 N–H and O–H groups in total. The summed E-state index contributed by atoms with van der Waals surface area (Å²) >= 11 is 0. The van der Waals surface area contributed by atoms with Gasteiger partial charge in [0, 0.05) is 19.1 Å². The number of likely N-dealkylation sites (N-methyl/N-ethyl adjacent to an activating group) is 1. The molecule has 0 spiro atoms. The van der Waals surface area contributed by atoms with Crippen molar-refractivity contribution in [3.05, 3.63) is 0 Å². The van der Waals surface area contributed by atoms with Crippen molar-refractivity contribution >= 4 is 0 Å². The van der Waals surface area contributed by atoms with Gasteiger partial charge < -0.3 is 10.2 Å². The molecule has 2 rings (SSSR count). The largest absolute Gasteiger partial charge is 0.315 e. The van der Waals surface area contributed by atoms with E-state index < -0.39 is 0 Å². The summed E-state index contributed by atoms with van der Waals surface area (Å²) < 4.78 is 0. The lowest BCUT2D eigenvalue weighted by Gasteiger charge is -2.28. The molecule has 0 aliphatic heterocycles. The van der Waals surface area contributed by atoms with Gasteiger partial charge in [-0.2, -0.15) is 0 Å². The third-order valence-electron chi connectivity index (χ3n) is 5.07. The van der Waals surface area contributed by atoms with Crippen LogP contribution in [0.5, 0.6) is 0 Å². The van der Waals surface area contributed by atoms with Crippen molar-refractivity contribution in [3.63, 3.8) is 0 Å². The lowest BCUT2D eigenvalue weighted by atomic mass is 9.82. The predicted octanol–water partition coefficient (Wildman–Crippen LogP) is 3.28. The normalized spacial score (nSPS) is 30.2. The zero-order valence-electron chi connectivity index (χ0n) is 12.5. The van der Waals surface area contributed by atoms with Crippen molar-refractivity contribution in [3.8, 4) is 0 Å². The molecule has 0 aromatic carbocycles. The molecular formula is C16H32N2. The van der Waals surface area contributed by atoms with Gasteiger partial charge in [-0.3, -0.25) is 0 Å². The molecular weight excluding hydrogens is 220 g/mol. The number of nitrogens with zero attached hydrogens (tertiary/aromatic N) is 1. The van der Waals surface area contributed by atoms with E-state index in [0.29, 0.717) is 0 Å². The molecule has 2 unspecified atom stereocenters. The van der Waals surface area contributed by atoms with Gasteiger partial charge >= 0.3 is 0 Å². The molecule has 0 aromatic heterocycles. The average Bonchev–Trinajstić information content (AvgIpc) is 2.88. The summed E-state index contributed by atoms with van der Waals surface area (Å²) in [7, 11) is 2.31. The van der Waals surface area contributed by atoms with Crippen LogP contribution in [-0.2, 0) is 0 Å². The van der Waals surface area contributed by atoms with Gasteiger partial charge in [-0.25, -0.2) is 0 Å². The van der Waals surface area contributed by atoms with Crippen LogP contribution < -0.4 is 5.32 Å². The Hall–Kier alpha value is -0.0800. The zero-order valence-corrected chi connectivity index (χ0v) is 12.5. The molecule has 0 saturated heterocycles. The minimum Gasteiger partial charge on any atom is -0.315 e. The molecule has 2 fully saturated rings. The molecule has 0 amide bonds. The summed E-state index contributed by atoms with van der Waals surface area (Å²) in [6.45, 7) is 6.08. The Labute approximate surface area is 114 Å². The fraction of sp³-hybridized carbons (Fsp3) is 1.00. The summed E-state index contributed by atoms with van der Waals surface area (Å²) in [5.74, 6) is 1.91. The van der Waals surface area contributed by atoms with Crippen LogP contribution in [0.1, 0.15) is 58.3 Å². The Morgan fingerprint density at radius 2 is 1.83 bits per heavy atom. The SMILES string of the molecule is CC1CCCC(CNCCN(C)C2CCCC2)C1. The minimum absolute atomic E-state index is 0.876. The number of hydrogen-bond acceptors (Lipinski definition) is 2. The second-order valence-electron chi connectivity index (χ2n) is 6.76. The van der Waals surface area contributed by atoms with Gasteiger partial charge in [0.05, 0.1) is 0 Å². The highest BCUT2D eigenvalue weighted by Crippen LogP contribution is 2.27. The molecule has 18 heavy (non-hydrogen) atoms. The van der Waals surface area contributed by atoms with Gasteiger partial charge in [-0.05, 0) is 51.1 Å². The van der Waals surface area contributed by atoms with Crippen molar-refractivity contribution in [2.75, 3.05) is 26.7 Å². The number of hydrogen-bond donors (Lipinski definition) is 1. The zero-order chi connectivity index (χ0) is 12.8. The summed E-state index contributed by atoms with van der Waals surface area (Å²) in [4.78, 5) is 2.57. The average molecular weight is 252 g/mol. The molecule has 2 atom stereocenters. The molecule has 0 aromatic rings. The number of nitrogens with one attached hydrogen (secondary N) is 1. The molecule has 0 bridgehead atoms. The lowest BCUT2D eigenvalue weighted by Crippen LogP contribution is -2.37. The van der Waals surface area contributed by atoms with Crippen LogP contribution in [0.15, 0.2) is 0 Å². The molecule has 2 nitrogen and oxygen atoms in total. The van der Waals surface area contributed by atoms with Crippen LogP contribution in [0.3, 0.4) is 0 Å². The standard InChI is InChI=1S/C16H32N2/c1-14-6-5-7-15(12-14)13-17-10-11-18(2)16-8-3-4-9-16/h14-17H,3-13H2,1-2H3. The van der Waals surface area contributed by atoms with Crippen LogP contribution >= 0.6 is 0 Å². The summed E-state index contributed by atoms with van der Waals surface area (Å²) in [5.41, 5.74) is 0. The predicted molar refractivity (Wildman–Crippen MR) is 78.9 cm³/mol. The Morgan fingerprint density at radius 3 is 2.56 bits per heavy atom. The van der Waals surface area contributed by atoms with Crippen LogP contribution in [-0.4, -0.2) is 37.6 Å². The van der Waals surface area contributed by atoms with E-state index in [0.717, 1.165) is 17.9 Å². The van der Waals surface area contributed by atoms with E-state index in [2.05, 4.69) is 24.2 Å². The third kappa shape index (κ3) is 4.55. The van der Waals surface area contributed by atoms with Crippen molar-refractivity contribution in [2.45, 2.75) is 64.3 Å². The van der Waals surface area contributed by atoms with Gasteiger partial charge in [0.25, 0.3) is 0 Å². The first-order valence-corrected chi connectivity index (χ1v) is 8.16. The van der Waals surface area contributed by atoms with Crippen LogP contribution in [0.4, 0.5) is 0 Å². The monoisotopic (exact) mass is 252 g/mol. The van der Waals surface area contributed by atoms with E-state index >= 15 is 0 Å². The van der Waals surface area contributed by atoms with Crippen molar-refractivity contribution in [1.29, 1.82) is 0 Å². The molecule has 2 aliphatic rings. The van der Waals surface area contributed by atoms with E-state index in [9.17, 15) is 0 Å². The first-order chi connectivity index (χ1) is 8.75. The van der Waals surface area contributed by atoms with Crippen LogP contribution in [0, 0.1) is 11.8 Å². The second-order valence-corrected chi connectivity index (χ2v) is 6.76. The fourth-order valence-electron chi connectivity index (χ4n) is 3.83. The maximum absolute atomic E-state index is 3.69. The Bertz CT molecular complexity index is 219. The minimum atomic E-state index is 0.876. The topological polar surface area (TPSA) is 15.3 Å². The Balaban J connectivity index is 1.52. The molecule has 2 aliphatic carbocycles. The quantitative estimate of drug-likeness (QED) is 0.730. The summed E-state index contributed by atoms with van der Waals surface area (Å²) in [6, 6.07) is 0.876. The molecule has 2 heteroatoms.